The predicted octanol–water partition coefficient (Wildman–Crippen LogP) is 2.57. The molecule has 0 bridgehead atoms. The molecule has 112 valence electrons. The highest BCUT2D eigenvalue weighted by Crippen LogP contribution is 2.32. The van der Waals surface area contributed by atoms with Crippen LogP contribution in [-0.2, 0) is 17.8 Å². The molecule has 6 nitrogen and oxygen atoms in total. The smallest absolute Gasteiger partial charge is 0.224 e. The first-order valence-electron chi connectivity index (χ1n) is 6.63. The quantitative estimate of drug-likeness (QED) is 0.880. The van der Waals surface area contributed by atoms with Gasteiger partial charge in [0.1, 0.15) is 12.4 Å². The molecule has 0 unspecified atom stereocenters. The molecule has 0 saturated heterocycles. The standard InChI is InChI=1S/C15H19N3O3/c1-4-10-5-6-11(12(7-10)20-3)21-15-8-13(16)17-14(18-15)9-19-2/h5-8H,4,9H2,1-3H3,(H2,16,17,18). The summed E-state index contributed by atoms with van der Waals surface area (Å²) in [7, 11) is 3.17. The second-order valence-electron chi connectivity index (χ2n) is 4.42. The number of aromatic nitrogens is 2. The van der Waals surface area contributed by atoms with Crippen molar-refractivity contribution in [3.63, 3.8) is 0 Å². The second kappa shape index (κ2) is 6.90. The van der Waals surface area contributed by atoms with Gasteiger partial charge in [0.25, 0.3) is 0 Å². The summed E-state index contributed by atoms with van der Waals surface area (Å²) in [5, 5.41) is 0. The summed E-state index contributed by atoms with van der Waals surface area (Å²) in [6.07, 6.45) is 0.926. The number of anilines is 1. The Bertz CT molecular complexity index is 617. The molecule has 21 heavy (non-hydrogen) atoms. The van der Waals surface area contributed by atoms with Crippen molar-refractivity contribution in [2.45, 2.75) is 20.0 Å². The number of hydrogen-bond acceptors (Lipinski definition) is 6. The van der Waals surface area contributed by atoms with Gasteiger partial charge in [-0.1, -0.05) is 13.0 Å². The third-order valence-corrected chi connectivity index (χ3v) is 2.89. The van der Waals surface area contributed by atoms with E-state index in [0.717, 1.165) is 6.42 Å². The lowest BCUT2D eigenvalue weighted by molar-refractivity contribution is 0.177. The zero-order valence-corrected chi connectivity index (χ0v) is 12.4. The minimum absolute atomic E-state index is 0.271. The van der Waals surface area contributed by atoms with Crippen LogP contribution in [-0.4, -0.2) is 24.2 Å². The maximum atomic E-state index is 5.76. The van der Waals surface area contributed by atoms with Crippen LogP contribution < -0.4 is 15.2 Å². The van der Waals surface area contributed by atoms with Gasteiger partial charge in [-0.15, -0.1) is 0 Å². The lowest BCUT2D eigenvalue weighted by Crippen LogP contribution is -2.03. The monoisotopic (exact) mass is 289 g/mol. The summed E-state index contributed by atoms with van der Waals surface area (Å²) in [6.45, 7) is 2.35. The molecule has 0 spiro atoms. The molecule has 6 heteroatoms. The first kappa shape index (κ1) is 15.1. The van der Waals surface area contributed by atoms with E-state index < -0.39 is 0 Å². The Labute approximate surface area is 123 Å². The molecule has 0 saturated carbocycles. The molecule has 0 aliphatic heterocycles. The average Bonchev–Trinajstić information content (AvgIpc) is 2.47. The number of nitrogens with zero attached hydrogens (tertiary/aromatic N) is 2. The van der Waals surface area contributed by atoms with Gasteiger partial charge in [-0.25, -0.2) is 4.98 Å². The lowest BCUT2D eigenvalue weighted by atomic mass is 10.1. The van der Waals surface area contributed by atoms with Crippen LogP contribution in [0.25, 0.3) is 0 Å². The molecule has 0 fully saturated rings. The Morgan fingerprint density at radius 2 is 1.90 bits per heavy atom. The van der Waals surface area contributed by atoms with Crippen LogP contribution in [0.4, 0.5) is 5.82 Å². The van der Waals surface area contributed by atoms with E-state index in [2.05, 4.69) is 16.9 Å². The number of benzene rings is 1. The van der Waals surface area contributed by atoms with Gasteiger partial charge < -0.3 is 19.9 Å². The third kappa shape index (κ3) is 3.82. The third-order valence-electron chi connectivity index (χ3n) is 2.89. The fourth-order valence-corrected chi connectivity index (χ4v) is 1.87. The van der Waals surface area contributed by atoms with E-state index in [4.69, 9.17) is 19.9 Å². The molecule has 2 rings (SSSR count). The summed E-state index contributed by atoms with van der Waals surface area (Å²) >= 11 is 0. The fraction of sp³-hybridized carbons (Fsp3) is 0.333. The topological polar surface area (TPSA) is 79.5 Å². The fourth-order valence-electron chi connectivity index (χ4n) is 1.87. The number of aryl methyl sites for hydroxylation is 1. The van der Waals surface area contributed by atoms with Crippen molar-refractivity contribution in [3.8, 4) is 17.4 Å². The van der Waals surface area contributed by atoms with Crippen LogP contribution in [0.5, 0.6) is 17.4 Å². The number of ether oxygens (including phenoxy) is 3. The van der Waals surface area contributed by atoms with Crippen molar-refractivity contribution in [1.29, 1.82) is 0 Å². The highest BCUT2D eigenvalue weighted by atomic mass is 16.5. The summed E-state index contributed by atoms with van der Waals surface area (Å²) in [5.74, 6) is 2.39. The van der Waals surface area contributed by atoms with Gasteiger partial charge in [0.2, 0.25) is 5.88 Å². The summed E-state index contributed by atoms with van der Waals surface area (Å²) < 4.78 is 16.1. The van der Waals surface area contributed by atoms with E-state index in [9.17, 15) is 0 Å². The zero-order chi connectivity index (χ0) is 15.2. The Hall–Kier alpha value is -2.34. The minimum atomic E-state index is 0.271. The molecule has 0 amide bonds. The van der Waals surface area contributed by atoms with Crippen LogP contribution in [0.3, 0.4) is 0 Å². The van der Waals surface area contributed by atoms with Gasteiger partial charge in [-0.2, -0.15) is 4.98 Å². The second-order valence-corrected chi connectivity index (χ2v) is 4.42. The molecular weight excluding hydrogens is 270 g/mol. The van der Waals surface area contributed by atoms with E-state index >= 15 is 0 Å². The van der Waals surface area contributed by atoms with Gasteiger partial charge in [0.05, 0.1) is 7.11 Å². The van der Waals surface area contributed by atoms with Crippen molar-refractivity contribution in [1.82, 2.24) is 9.97 Å². The molecular formula is C15H19N3O3. The zero-order valence-electron chi connectivity index (χ0n) is 12.4. The summed E-state index contributed by atoms with van der Waals surface area (Å²) in [5.41, 5.74) is 6.91. The van der Waals surface area contributed by atoms with Gasteiger partial charge in [0, 0.05) is 13.2 Å². The van der Waals surface area contributed by atoms with E-state index in [-0.39, 0.29) is 6.61 Å². The first-order valence-corrected chi connectivity index (χ1v) is 6.63. The normalized spacial score (nSPS) is 10.4. The van der Waals surface area contributed by atoms with Crippen molar-refractivity contribution >= 4 is 5.82 Å². The van der Waals surface area contributed by atoms with Gasteiger partial charge in [0.15, 0.2) is 17.3 Å². The van der Waals surface area contributed by atoms with Crippen LogP contribution in [0.1, 0.15) is 18.3 Å². The van der Waals surface area contributed by atoms with Crippen LogP contribution in [0, 0.1) is 0 Å². The number of nitrogens with two attached hydrogens (primary N) is 1. The number of methoxy groups -OCH3 is 2. The van der Waals surface area contributed by atoms with Gasteiger partial charge in [-0.3, -0.25) is 0 Å². The van der Waals surface area contributed by atoms with E-state index in [1.807, 2.05) is 18.2 Å². The molecule has 1 heterocycles. The predicted molar refractivity (Wildman–Crippen MR) is 79.6 cm³/mol. The van der Waals surface area contributed by atoms with Crippen molar-refractivity contribution < 1.29 is 14.2 Å². The number of hydrogen-bond donors (Lipinski definition) is 1. The Morgan fingerprint density at radius 1 is 1.10 bits per heavy atom. The molecule has 0 atom stereocenters. The van der Waals surface area contributed by atoms with Gasteiger partial charge >= 0.3 is 0 Å². The molecule has 2 N–H and O–H groups in total. The van der Waals surface area contributed by atoms with Crippen molar-refractivity contribution in [2.75, 3.05) is 20.0 Å². The SMILES string of the molecule is CCc1ccc(Oc2cc(N)nc(COC)n2)c(OC)c1. The Balaban J connectivity index is 2.29. The molecule has 1 aromatic heterocycles. The minimum Gasteiger partial charge on any atom is -0.493 e. The molecule has 2 aromatic rings. The molecule has 0 radical (unpaired) electrons. The summed E-state index contributed by atoms with van der Waals surface area (Å²) in [6, 6.07) is 7.34. The molecule has 0 aliphatic rings. The largest absolute Gasteiger partial charge is 0.493 e. The lowest BCUT2D eigenvalue weighted by Gasteiger charge is -2.11. The van der Waals surface area contributed by atoms with Crippen LogP contribution in [0.2, 0.25) is 0 Å². The van der Waals surface area contributed by atoms with Gasteiger partial charge in [-0.05, 0) is 24.1 Å². The highest BCUT2D eigenvalue weighted by Gasteiger charge is 2.09. The average molecular weight is 289 g/mol. The number of nitrogen functional groups attached to an aromatic ring is 1. The van der Waals surface area contributed by atoms with E-state index in [0.29, 0.717) is 29.0 Å². The maximum absolute atomic E-state index is 5.76. The number of rotatable bonds is 6. The molecule has 0 aliphatic carbocycles. The first-order chi connectivity index (χ1) is 10.2. The van der Waals surface area contributed by atoms with Crippen LogP contribution >= 0.6 is 0 Å². The van der Waals surface area contributed by atoms with Crippen molar-refractivity contribution in [2.24, 2.45) is 0 Å². The van der Waals surface area contributed by atoms with Crippen LogP contribution in [0.15, 0.2) is 24.3 Å². The van der Waals surface area contributed by atoms with E-state index in [1.165, 1.54) is 5.56 Å². The summed E-state index contributed by atoms with van der Waals surface area (Å²) in [4.78, 5) is 8.31. The Morgan fingerprint density at radius 3 is 2.57 bits per heavy atom. The maximum Gasteiger partial charge on any atom is 0.224 e. The van der Waals surface area contributed by atoms with Crippen molar-refractivity contribution in [3.05, 3.63) is 35.7 Å². The highest BCUT2D eigenvalue weighted by molar-refractivity contribution is 5.45. The Kier molecular flexibility index (Phi) is 4.94. The molecule has 1 aromatic carbocycles. The van der Waals surface area contributed by atoms with E-state index in [1.54, 1.807) is 20.3 Å².